The number of nitrogens with one attached hydrogen (secondary N) is 1. The quantitative estimate of drug-likeness (QED) is 0.469. The number of aryl methyl sites for hydroxylation is 1. The Hall–Kier alpha value is -3.63. The van der Waals surface area contributed by atoms with Crippen LogP contribution in [-0.4, -0.2) is 11.8 Å². The van der Waals surface area contributed by atoms with Crippen molar-refractivity contribution in [2.45, 2.75) is 25.7 Å². The number of carbonyl (C=O) groups excluding carboxylic acids is 2. The summed E-state index contributed by atoms with van der Waals surface area (Å²) in [6, 6.07) is 14.9. The molecular formula is C23H19N3O3S. The Morgan fingerprint density at radius 1 is 1.13 bits per heavy atom. The first kappa shape index (κ1) is 19.7. The van der Waals surface area contributed by atoms with Gasteiger partial charge in [0.15, 0.2) is 0 Å². The summed E-state index contributed by atoms with van der Waals surface area (Å²) in [6.45, 7) is 0. The fourth-order valence-electron chi connectivity index (χ4n) is 3.56. The summed E-state index contributed by atoms with van der Waals surface area (Å²) in [5.41, 5.74) is 7.64. The van der Waals surface area contributed by atoms with Crippen molar-refractivity contribution in [3.05, 3.63) is 69.8 Å². The number of rotatable bonds is 5. The maximum Gasteiger partial charge on any atom is 0.267 e. The van der Waals surface area contributed by atoms with Crippen molar-refractivity contribution in [1.82, 2.24) is 0 Å². The van der Waals surface area contributed by atoms with Crippen LogP contribution in [0.5, 0.6) is 0 Å². The summed E-state index contributed by atoms with van der Waals surface area (Å²) in [6.07, 6.45) is 5.06. The average molecular weight is 417 g/mol. The van der Waals surface area contributed by atoms with Crippen LogP contribution in [0, 0.1) is 11.3 Å². The Bertz CT molecular complexity index is 1180. The third kappa shape index (κ3) is 3.91. The van der Waals surface area contributed by atoms with Crippen LogP contribution >= 0.6 is 11.3 Å². The lowest BCUT2D eigenvalue weighted by molar-refractivity contribution is -0.112. The Morgan fingerprint density at radius 3 is 2.63 bits per heavy atom. The molecule has 30 heavy (non-hydrogen) atoms. The summed E-state index contributed by atoms with van der Waals surface area (Å²) >= 11 is 1.36. The number of amides is 2. The molecule has 1 aliphatic carbocycles. The van der Waals surface area contributed by atoms with E-state index in [9.17, 15) is 14.9 Å². The lowest BCUT2D eigenvalue weighted by Gasteiger charge is -2.11. The molecule has 0 fully saturated rings. The molecule has 0 bridgehead atoms. The second kappa shape index (κ2) is 8.39. The van der Waals surface area contributed by atoms with E-state index in [1.54, 1.807) is 12.1 Å². The van der Waals surface area contributed by atoms with Gasteiger partial charge in [-0.3, -0.25) is 9.59 Å². The number of furan rings is 1. The number of thiophene rings is 1. The van der Waals surface area contributed by atoms with Gasteiger partial charge >= 0.3 is 0 Å². The molecule has 150 valence electrons. The van der Waals surface area contributed by atoms with Gasteiger partial charge in [0.1, 0.15) is 28.2 Å². The van der Waals surface area contributed by atoms with Crippen LogP contribution in [-0.2, 0) is 17.6 Å². The van der Waals surface area contributed by atoms with Gasteiger partial charge in [-0.1, -0.05) is 30.3 Å². The molecule has 1 aliphatic rings. The first-order valence-electron chi connectivity index (χ1n) is 9.59. The molecule has 6 nitrogen and oxygen atoms in total. The number of fused-ring (bicyclic) bond motifs is 1. The highest BCUT2D eigenvalue weighted by atomic mass is 32.1. The van der Waals surface area contributed by atoms with Crippen LogP contribution in [0.4, 0.5) is 5.00 Å². The SMILES string of the molecule is N#C/C(=C\c1ccc(-c2ccccc2)o1)C(=O)Nc1sc2c(c1C(N)=O)CCCC2. The predicted molar refractivity (Wildman–Crippen MR) is 116 cm³/mol. The molecule has 2 heterocycles. The van der Waals surface area contributed by atoms with E-state index in [2.05, 4.69) is 5.32 Å². The van der Waals surface area contributed by atoms with Crippen LogP contribution < -0.4 is 11.1 Å². The highest BCUT2D eigenvalue weighted by Gasteiger charge is 2.25. The summed E-state index contributed by atoms with van der Waals surface area (Å²) in [5, 5.41) is 12.6. The van der Waals surface area contributed by atoms with Gasteiger partial charge in [-0.2, -0.15) is 5.26 Å². The molecule has 0 unspecified atom stereocenters. The minimum Gasteiger partial charge on any atom is -0.457 e. The number of hydrogen-bond acceptors (Lipinski definition) is 5. The van der Waals surface area contributed by atoms with Crippen molar-refractivity contribution in [2.75, 3.05) is 5.32 Å². The average Bonchev–Trinajstić information content (AvgIpc) is 3.36. The van der Waals surface area contributed by atoms with Crippen molar-refractivity contribution in [1.29, 1.82) is 5.26 Å². The molecule has 0 radical (unpaired) electrons. The maximum atomic E-state index is 12.7. The summed E-state index contributed by atoms with van der Waals surface area (Å²) < 4.78 is 5.75. The first-order valence-corrected chi connectivity index (χ1v) is 10.4. The number of nitrogens with zero attached hydrogens (tertiary/aromatic N) is 1. The van der Waals surface area contributed by atoms with Crippen molar-refractivity contribution in [3.63, 3.8) is 0 Å². The molecule has 0 atom stereocenters. The second-order valence-electron chi connectivity index (χ2n) is 6.97. The number of nitrogens with two attached hydrogens (primary N) is 1. The van der Waals surface area contributed by atoms with Crippen molar-refractivity contribution < 1.29 is 14.0 Å². The standard InChI is InChI=1S/C23H19N3O3S/c24-13-15(12-16-10-11-18(29-16)14-6-2-1-3-7-14)22(28)26-23-20(21(25)27)17-8-4-5-9-19(17)30-23/h1-3,6-7,10-12H,4-5,8-9H2,(H2,25,27)(H,26,28)/b15-12+. The van der Waals surface area contributed by atoms with Crippen molar-refractivity contribution >= 4 is 34.2 Å². The molecule has 2 amide bonds. The van der Waals surface area contributed by atoms with Gasteiger partial charge in [0, 0.05) is 16.5 Å². The van der Waals surface area contributed by atoms with E-state index < -0.39 is 11.8 Å². The van der Waals surface area contributed by atoms with Gasteiger partial charge in [-0.15, -0.1) is 11.3 Å². The van der Waals surface area contributed by atoms with E-state index in [4.69, 9.17) is 10.2 Å². The van der Waals surface area contributed by atoms with Crippen LogP contribution in [0.3, 0.4) is 0 Å². The Kier molecular flexibility index (Phi) is 5.50. The zero-order valence-electron chi connectivity index (χ0n) is 16.1. The second-order valence-corrected chi connectivity index (χ2v) is 8.08. The smallest absolute Gasteiger partial charge is 0.267 e. The third-order valence-corrected chi connectivity index (χ3v) is 6.19. The molecule has 2 aromatic heterocycles. The van der Waals surface area contributed by atoms with E-state index >= 15 is 0 Å². The molecule has 0 spiro atoms. The van der Waals surface area contributed by atoms with Gasteiger partial charge in [0.2, 0.25) is 0 Å². The van der Waals surface area contributed by atoms with Gasteiger partial charge in [-0.25, -0.2) is 0 Å². The van der Waals surface area contributed by atoms with E-state index in [1.807, 2.05) is 36.4 Å². The minimum absolute atomic E-state index is 0.120. The Morgan fingerprint density at radius 2 is 1.90 bits per heavy atom. The zero-order valence-corrected chi connectivity index (χ0v) is 16.9. The van der Waals surface area contributed by atoms with Crippen LogP contribution in [0.2, 0.25) is 0 Å². The predicted octanol–water partition coefficient (Wildman–Crippen LogP) is 4.53. The number of carbonyl (C=O) groups is 2. The Labute approximate surface area is 177 Å². The van der Waals surface area contributed by atoms with Gasteiger partial charge in [0.05, 0.1) is 5.56 Å². The van der Waals surface area contributed by atoms with Crippen LogP contribution in [0.25, 0.3) is 17.4 Å². The lowest BCUT2D eigenvalue weighted by atomic mass is 9.95. The summed E-state index contributed by atoms with van der Waals surface area (Å²) in [5.74, 6) is -0.135. The number of nitriles is 1. The zero-order chi connectivity index (χ0) is 21.1. The minimum atomic E-state index is -0.601. The fraction of sp³-hybridized carbons (Fsp3) is 0.174. The molecule has 4 rings (SSSR count). The van der Waals surface area contributed by atoms with Gasteiger partial charge < -0.3 is 15.5 Å². The molecule has 0 saturated heterocycles. The van der Waals surface area contributed by atoms with Gasteiger partial charge in [-0.05, 0) is 43.4 Å². The van der Waals surface area contributed by atoms with Gasteiger partial charge in [0.25, 0.3) is 11.8 Å². The molecule has 3 aromatic rings. The number of primary amides is 1. The topological polar surface area (TPSA) is 109 Å². The van der Waals surface area contributed by atoms with E-state index in [-0.39, 0.29) is 5.57 Å². The molecule has 0 saturated carbocycles. The largest absolute Gasteiger partial charge is 0.457 e. The number of benzene rings is 1. The van der Waals surface area contributed by atoms with Crippen LogP contribution in [0.15, 0.2) is 52.5 Å². The molecule has 1 aromatic carbocycles. The highest BCUT2D eigenvalue weighted by molar-refractivity contribution is 7.17. The fourth-order valence-corrected chi connectivity index (χ4v) is 4.85. The van der Waals surface area contributed by atoms with Crippen molar-refractivity contribution in [2.24, 2.45) is 5.73 Å². The van der Waals surface area contributed by atoms with Crippen LogP contribution in [0.1, 0.15) is 39.4 Å². The third-order valence-electron chi connectivity index (χ3n) is 4.98. The van der Waals surface area contributed by atoms with Crippen molar-refractivity contribution in [3.8, 4) is 17.4 Å². The highest BCUT2D eigenvalue weighted by Crippen LogP contribution is 2.38. The first-order chi connectivity index (χ1) is 14.6. The van der Waals surface area contributed by atoms with E-state index in [1.165, 1.54) is 17.4 Å². The molecule has 0 aliphatic heterocycles. The molecular weight excluding hydrogens is 398 g/mol. The Balaban J connectivity index is 1.59. The molecule has 7 heteroatoms. The molecule has 3 N–H and O–H groups in total. The maximum absolute atomic E-state index is 12.7. The monoisotopic (exact) mass is 417 g/mol. The lowest BCUT2D eigenvalue weighted by Crippen LogP contribution is -2.19. The number of hydrogen-bond donors (Lipinski definition) is 2. The summed E-state index contributed by atoms with van der Waals surface area (Å²) in [7, 11) is 0. The summed E-state index contributed by atoms with van der Waals surface area (Å²) in [4.78, 5) is 25.8. The van der Waals surface area contributed by atoms with E-state index in [0.29, 0.717) is 22.1 Å². The normalized spacial score (nSPS) is 13.4. The number of anilines is 1. The van der Waals surface area contributed by atoms with E-state index in [0.717, 1.165) is 41.7 Å².